The minimum Gasteiger partial charge on any atom is -0.310 e. The van der Waals surface area contributed by atoms with Crippen LogP contribution in [0.1, 0.15) is 47.2 Å². The highest BCUT2D eigenvalue weighted by atomic mass is 32.1. The zero-order chi connectivity index (χ0) is 41.4. The largest absolute Gasteiger partial charge is 0.310 e. The highest BCUT2D eigenvalue weighted by Gasteiger charge is 2.46. The molecule has 0 atom stereocenters. The average Bonchev–Trinajstić information content (AvgIpc) is 3.94. The lowest BCUT2D eigenvalue weighted by atomic mass is 9.67. The predicted octanol–water partition coefficient (Wildman–Crippen LogP) is 16.4. The fourth-order valence-corrected chi connectivity index (χ4v) is 12.2. The minimum atomic E-state index is -0.505. The maximum absolute atomic E-state index is 2.47. The molecule has 2 heteroatoms. The van der Waals surface area contributed by atoms with Crippen LogP contribution in [0.2, 0.25) is 0 Å². The Labute approximate surface area is 367 Å². The van der Waals surface area contributed by atoms with E-state index in [0.717, 1.165) is 17.1 Å². The van der Waals surface area contributed by atoms with Crippen molar-refractivity contribution in [3.8, 4) is 43.8 Å². The van der Waals surface area contributed by atoms with Crippen LogP contribution >= 0.6 is 11.3 Å². The zero-order valence-corrected chi connectivity index (χ0v) is 35.5. The second kappa shape index (κ2) is 14.2. The summed E-state index contributed by atoms with van der Waals surface area (Å²) >= 11 is 1.94. The molecule has 294 valence electrons. The van der Waals surface area contributed by atoms with Crippen LogP contribution in [-0.4, -0.2) is 0 Å². The summed E-state index contributed by atoms with van der Waals surface area (Å²) in [4.78, 5) is 3.86. The van der Waals surface area contributed by atoms with E-state index in [1.165, 1.54) is 87.3 Å². The molecule has 0 unspecified atom stereocenters. The molecule has 62 heavy (non-hydrogen) atoms. The quantitative estimate of drug-likeness (QED) is 0.155. The van der Waals surface area contributed by atoms with Gasteiger partial charge in [0, 0.05) is 37.6 Å². The van der Waals surface area contributed by atoms with Crippen LogP contribution in [0.15, 0.2) is 224 Å². The van der Waals surface area contributed by atoms with Crippen molar-refractivity contribution in [2.45, 2.75) is 24.7 Å². The van der Waals surface area contributed by atoms with Gasteiger partial charge in [-0.2, -0.15) is 0 Å². The molecule has 0 amide bonds. The number of anilines is 3. The summed E-state index contributed by atoms with van der Waals surface area (Å²) in [5.74, 6) is 0. The highest BCUT2D eigenvalue weighted by molar-refractivity contribution is 7.22. The predicted molar refractivity (Wildman–Crippen MR) is 262 cm³/mol. The Hall–Kier alpha value is -7.26. The molecule has 0 saturated carbocycles. The summed E-state index contributed by atoms with van der Waals surface area (Å²) in [6.07, 6.45) is 0. The van der Waals surface area contributed by atoms with E-state index >= 15 is 0 Å². The number of hydrogen-bond donors (Lipinski definition) is 0. The third-order valence-corrected chi connectivity index (χ3v) is 14.7. The molecule has 0 aliphatic heterocycles. The van der Waals surface area contributed by atoms with E-state index in [1.54, 1.807) is 0 Å². The average molecular weight is 810 g/mol. The molecule has 0 N–H and O–H groups in total. The van der Waals surface area contributed by atoms with Gasteiger partial charge in [0.2, 0.25) is 0 Å². The van der Waals surface area contributed by atoms with E-state index in [-0.39, 0.29) is 5.41 Å². The first kappa shape index (κ1) is 36.6. The molecule has 0 spiro atoms. The summed E-state index contributed by atoms with van der Waals surface area (Å²) in [7, 11) is 0. The van der Waals surface area contributed by atoms with E-state index < -0.39 is 5.41 Å². The molecule has 9 aromatic carbocycles. The molecule has 1 nitrogen and oxygen atoms in total. The van der Waals surface area contributed by atoms with Gasteiger partial charge in [-0.25, -0.2) is 0 Å². The summed E-state index contributed by atoms with van der Waals surface area (Å²) < 4.78 is 1.35. The van der Waals surface area contributed by atoms with Gasteiger partial charge in [0.05, 0.1) is 5.41 Å². The molecular weight excluding hydrogens is 767 g/mol. The number of nitrogens with zero attached hydrogens (tertiary/aromatic N) is 1. The summed E-state index contributed by atoms with van der Waals surface area (Å²) in [6.45, 7) is 4.80. The second-order valence-corrected chi connectivity index (χ2v) is 18.3. The van der Waals surface area contributed by atoms with Crippen LogP contribution in [0.4, 0.5) is 17.1 Å². The van der Waals surface area contributed by atoms with Crippen molar-refractivity contribution < 1.29 is 0 Å². The van der Waals surface area contributed by atoms with E-state index in [9.17, 15) is 0 Å². The maximum atomic E-state index is 2.47. The second-order valence-electron chi connectivity index (χ2n) is 17.2. The maximum Gasteiger partial charge on any atom is 0.0714 e. The molecule has 2 aliphatic carbocycles. The normalized spacial score (nSPS) is 13.9. The van der Waals surface area contributed by atoms with Crippen molar-refractivity contribution in [3.05, 3.63) is 258 Å². The van der Waals surface area contributed by atoms with Crippen LogP contribution in [0.3, 0.4) is 0 Å². The number of thiophene rings is 1. The smallest absolute Gasteiger partial charge is 0.0714 e. The van der Waals surface area contributed by atoms with Crippen LogP contribution in [0.25, 0.3) is 53.9 Å². The third kappa shape index (κ3) is 5.40. The summed E-state index contributed by atoms with van der Waals surface area (Å²) in [6, 6.07) is 83.2. The molecule has 0 bridgehead atoms. The SMILES string of the molecule is CC1(C)c2cccc(-c3cccc(N(c4ccc(-c5ccccc5)cc4)c4ccc5c(c4)C(c4ccccc4)(c4ccccc4)c4ccccc4-5)c3)c2-c2sc3ccccc3c21. The zero-order valence-electron chi connectivity index (χ0n) is 34.7. The molecule has 12 rings (SSSR count). The van der Waals surface area contributed by atoms with Gasteiger partial charge < -0.3 is 4.90 Å². The van der Waals surface area contributed by atoms with Gasteiger partial charge in [-0.1, -0.05) is 196 Å². The first-order valence-electron chi connectivity index (χ1n) is 21.6. The van der Waals surface area contributed by atoms with Gasteiger partial charge in [-0.05, 0) is 115 Å². The van der Waals surface area contributed by atoms with Crippen LogP contribution in [0, 0.1) is 0 Å². The van der Waals surface area contributed by atoms with Gasteiger partial charge in [0.15, 0.2) is 0 Å². The van der Waals surface area contributed by atoms with E-state index in [2.05, 4.69) is 243 Å². The van der Waals surface area contributed by atoms with Crippen LogP contribution in [0.5, 0.6) is 0 Å². The monoisotopic (exact) mass is 809 g/mol. The fourth-order valence-electron chi connectivity index (χ4n) is 10.8. The minimum absolute atomic E-state index is 0.101. The fraction of sp³-hybridized carbons (Fsp3) is 0.0667. The Balaban J connectivity index is 1.07. The lowest BCUT2D eigenvalue weighted by molar-refractivity contribution is 0.667. The summed E-state index contributed by atoms with van der Waals surface area (Å²) in [5, 5.41) is 1.37. The Morgan fingerprint density at radius 1 is 0.387 bits per heavy atom. The first-order valence-corrected chi connectivity index (χ1v) is 22.4. The van der Waals surface area contributed by atoms with Gasteiger partial charge in [0.1, 0.15) is 0 Å². The Kier molecular flexibility index (Phi) is 8.36. The van der Waals surface area contributed by atoms with Gasteiger partial charge in [-0.15, -0.1) is 11.3 Å². The van der Waals surface area contributed by atoms with Crippen molar-refractivity contribution >= 4 is 38.5 Å². The molecule has 1 aromatic heterocycles. The number of fused-ring (bicyclic) bond motifs is 8. The van der Waals surface area contributed by atoms with E-state index in [1.807, 2.05) is 11.3 Å². The van der Waals surface area contributed by atoms with Gasteiger partial charge >= 0.3 is 0 Å². The van der Waals surface area contributed by atoms with E-state index in [0.29, 0.717) is 0 Å². The van der Waals surface area contributed by atoms with Crippen LogP contribution < -0.4 is 4.90 Å². The number of hydrogen-bond acceptors (Lipinski definition) is 2. The number of benzene rings is 9. The number of rotatable bonds is 7. The van der Waals surface area contributed by atoms with Gasteiger partial charge in [-0.3, -0.25) is 0 Å². The van der Waals surface area contributed by atoms with Crippen molar-refractivity contribution in [3.63, 3.8) is 0 Å². The Morgan fingerprint density at radius 3 is 1.69 bits per heavy atom. The molecule has 1 heterocycles. The van der Waals surface area contributed by atoms with Crippen molar-refractivity contribution in [1.82, 2.24) is 0 Å². The molecule has 10 aromatic rings. The van der Waals surface area contributed by atoms with Crippen molar-refractivity contribution in [1.29, 1.82) is 0 Å². The van der Waals surface area contributed by atoms with Gasteiger partial charge in [0.25, 0.3) is 0 Å². The first-order chi connectivity index (χ1) is 30.5. The molecule has 0 radical (unpaired) electrons. The van der Waals surface area contributed by atoms with Crippen molar-refractivity contribution in [2.24, 2.45) is 0 Å². The third-order valence-electron chi connectivity index (χ3n) is 13.5. The Bertz CT molecular complexity index is 3270. The molecule has 2 aliphatic rings. The van der Waals surface area contributed by atoms with Crippen molar-refractivity contribution in [2.75, 3.05) is 4.90 Å². The highest BCUT2D eigenvalue weighted by Crippen LogP contribution is 2.59. The topological polar surface area (TPSA) is 3.24 Å². The molecule has 0 saturated heterocycles. The lowest BCUT2D eigenvalue weighted by Gasteiger charge is -2.35. The lowest BCUT2D eigenvalue weighted by Crippen LogP contribution is -2.28. The summed E-state index contributed by atoms with van der Waals surface area (Å²) in [5.41, 5.74) is 19.5. The molecule has 0 fully saturated rings. The standard InChI is InChI=1S/C60H43NS/c1-59(2)53-30-17-28-48(56(53)58-57(59)51-27-13-15-31-55(51)62-58)42-20-16-25-46(38-42)61(45-34-32-41(33-35-45)40-18-6-3-7-19-40)47-36-37-50-49-26-12-14-29-52(49)60(54(50)39-47,43-21-8-4-9-22-43)44-23-10-5-11-24-44/h3-39H,1-2H3. The van der Waals surface area contributed by atoms with Crippen LogP contribution in [-0.2, 0) is 10.8 Å². The molecular formula is C60H43NS. The van der Waals surface area contributed by atoms with E-state index in [4.69, 9.17) is 0 Å². The Morgan fingerprint density at radius 2 is 0.935 bits per heavy atom.